The zero-order valence-corrected chi connectivity index (χ0v) is 18.9. The monoisotopic (exact) mass is 436 g/mol. The fourth-order valence-corrected chi connectivity index (χ4v) is 5.29. The Morgan fingerprint density at radius 1 is 1.22 bits per heavy atom. The van der Waals surface area contributed by atoms with E-state index in [2.05, 4.69) is 46.4 Å². The van der Waals surface area contributed by atoms with E-state index >= 15 is 0 Å². The van der Waals surface area contributed by atoms with Gasteiger partial charge in [-0.3, -0.25) is 4.79 Å². The van der Waals surface area contributed by atoms with Crippen molar-refractivity contribution >= 4 is 28.8 Å². The van der Waals surface area contributed by atoms with E-state index in [9.17, 15) is 4.79 Å². The maximum absolute atomic E-state index is 13.9. The minimum atomic E-state index is 0.00881. The number of pyridine rings is 1. The minimum Gasteiger partial charge on any atom is -0.381 e. The molecule has 1 saturated carbocycles. The van der Waals surface area contributed by atoms with Gasteiger partial charge >= 0.3 is 0 Å². The lowest BCUT2D eigenvalue weighted by Gasteiger charge is -2.36. The summed E-state index contributed by atoms with van der Waals surface area (Å²) in [4.78, 5) is 22.8. The summed E-state index contributed by atoms with van der Waals surface area (Å²) in [6.45, 7) is 5.90. The molecule has 2 fully saturated rings. The van der Waals surface area contributed by atoms with Gasteiger partial charge in [-0.15, -0.1) is 0 Å². The number of amides is 1. The number of hydrogen-bond donors (Lipinski definition) is 1. The molecule has 7 heteroatoms. The molecule has 0 unspecified atom stereocenters. The van der Waals surface area contributed by atoms with Crippen LogP contribution in [0.4, 0.5) is 22.9 Å². The van der Waals surface area contributed by atoms with Crippen molar-refractivity contribution in [2.24, 2.45) is 11.8 Å². The largest absolute Gasteiger partial charge is 0.381 e. The third-order valence-electron chi connectivity index (χ3n) is 7.13. The summed E-state index contributed by atoms with van der Waals surface area (Å²) in [6.07, 6.45) is 4.69. The molecule has 3 heterocycles. The first-order chi connectivity index (χ1) is 15.6. The summed E-state index contributed by atoms with van der Waals surface area (Å²) in [5.41, 5.74) is 4.01. The SMILES string of the molecule is CO[C@H]1CC[C@@H](C(=O)N2Cc3cccnc3Nc3ccc(N4CCOCC4)cc32)C[C@H]1C. The smallest absolute Gasteiger partial charge is 0.230 e. The van der Waals surface area contributed by atoms with Gasteiger partial charge in [0.2, 0.25) is 5.91 Å². The van der Waals surface area contributed by atoms with Gasteiger partial charge in [-0.05, 0) is 49.4 Å². The van der Waals surface area contributed by atoms with E-state index in [4.69, 9.17) is 9.47 Å². The number of hydrogen-bond acceptors (Lipinski definition) is 6. The molecule has 7 nitrogen and oxygen atoms in total. The van der Waals surface area contributed by atoms with Crippen molar-refractivity contribution in [3.8, 4) is 0 Å². The Balaban J connectivity index is 1.50. The van der Waals surface area contributed by atoms with E-state index < -0.39 is 0 Å². The molecular weight excluding hydrogens is 404 g/mol. The molecule has 0 bridgehead atoms. The normalized spacial score (nSPS) is 25.4. The molecule has 0 spiro atoms. The molecular formula is C25H32N4O3. The summed E-state index contributed by atoms with van der Waals surface area (Å²) < 4.78 is 11.1. The first-order valence-electron chi connectivity index (χ1n) is 11.7. The maximum atomic E-state index is 13.9. The van der Waals surface area contributed by atoms with Crippen LogP contribution in [0, 0.1) is 11.8 Å². The highest BCUT2D eigenvalue weighted by atomic mass is 16.5. The average Bonchev–Trinajstić information content (AvgIpc) is 3.00. The Kier molecular flexibility index (Phi) is 6.02. The lowest BCUT2D eigenvalue weighted by molar-refractivity contribution is -0.125. The molecule has 2 aliphatic heterocycles. The Labute approximate surface area is 189 Å². The number of fused-ring (bicyclic) bond motifs is 2. The van der Waals surface area contributed by atoms with Gasteiger partial charge in [0, 0.05) is 43.6 Å². The van der Waals surface area contributed by atoms with E-state index in [-0.39, 0.29) is 17.9 Å². The lowest BCUT2D eigenvalue weighted by Crippen LogP contribution is -2.40. The van der Waals surface area contributed by atoms with E-state index in [0.717, 1.165) is 74.0 Å². The number of anilines is 4. The first kappa shape index (κ1) is 21.2. The highest BCUT2D eigenvalue weighted by molar-refractivity contribution is 6.00. The third-order valence-corrected chi connectivity index (χ3v) is 7.13. The zero-order chi connectivity index (χ0) is 22.1. The van der Waals surface area contributed by atoms with Crippen molar-refractivity contribution < 1.29 is 14.3 Å². The molecule has 1 aromatic carbocycles. The number of ether oxygens (including phenoxy) is 2. The van der Waals surface area contributed by atoms with Crippen LogP contribution in [0.2, 0.25) is 0 Å². The highest BCUT2D eigenvalue weighted by Gasteiger charge is 2.36. The van der Waals surface area contributed by atoms with Gasteiger partial charge in [-0.2, -0.15) is 0 Å². The second-order valence-electron chi connectivity index (χ2n) is 9.12. The van der Waals surface area contributed by atoms with E-state index in [1.807, 2.05) is 11.0 Å². The lowest BCUT2D eigenvalue weighted by atomic mass is 9.79. The topological polar surface area (TPSA) is 66.9 Å². The number of morpholine rings is 1. The molecule has 1 amide bonds. The van der Waals surface area contributed by atoms with Crippen molar-refractivity contribution in [1.82, 2.24) is 4.98 Å². The predicted molar refractivity (Wildman–Crippen MR) is 125 cm³/mol. The summed E-state index contributed by atoms with van der Waals surface area (Å²) in [5.74, 6) is 1.40. The molecule has 1 saturated heterocycles. The van der Waals surface area contributed by atoms with Crippen molar-refractivity contribution in [3.05, 3.63) is 42.1 Å². The summed E-state index contributed by atoms with van der Waals surface area (Å²) in [6, 6.07) is 10.3. The van der Waals surface area contributed by atoms with Crippen LogP contribution in [-0.2, 0) is 20.8 Å². The quantitative estimate of drug-likeness (QED) is 0.786. The molecule has 32 heavy (non-hydrogen) atoms. The van der Waals surface area contributed by atoms with Gasteiger partial charge in [0.25, 0.3) is 0 Å². The van der Waals surface area contributed by atoms with Crippen molar-refractivity contribution in [2.75, 3.05) is 48.5 Å². The standard InChI is InChI=1S/C25H32N4O3/c1-17-14-18(5-8-23(17)31-2)25(30)29-16-19-4-3-9-26-24(19)27-21-7-6-20(15-22(21)29)28-10-12-32-13-11-28/h3-4,6-7,9,15,17-18,23H,5,8,10-14,16H2,1-2H3,(H,26,27)/t17-,18-,23+/m1/s1. The van der Waals surface area contributed by atoms with Gasteiger partial charge in [-0.25, -0.2) is 4.98 Å². The number of aromatic nitrogens is 1. The molecule has 2 aromatic rings. The average molecular weight is 437 g/mol. The fourth-order valence-electron chi connectivity index (χ4n) is 5.29. The number of carbonyl (C=O) groups is 1. The number of nitrogens with one attached hydrogen (secondary N) is 1. The van der Waals surface area contributed by atoms with E-state index in [1.54, 1.807) is 13.3 Å². The maximum Gasteiger partial charge on any atom is 0.230 e. The first-order valence-corrected chi connectivity index (χ1v) is 11.7. The van der Waals surface area contributed by atoms with Crippen LogP contribution in [0.5, 0.6) is 0 Å². The third kappa shape index (κ3) is 4.07. The van der Waals surface area contributed by atoms with Gasteiger partial charge in [0.15, 0.2) is 0 Å². The molecule has 170 valence electrons. The van der Waals surface area contributed by atoms with Gasteiger partial charge in [0.05, 0.1) is 37.2 Å². The van der Waals surface area contributed by atoms with Crippen LogP contribution in [-0.4, -0.2) is 50.4 Å². The number of carbonyl (C=O) groups excluding carboxylic acids is 1. The number of benzene rings is 1. The van der Waals surface area contributed by atoms with Crippen LogP contribution in [0.3, 0.4) is 0 Å². The molecule has 5 rings (SSSR count). The molecule has 1 aliphatic carbocycles. The van der Waals surface area contributed by atoms with Gasteiger partial charge in [0.1, 0.15) is 5.82 Å². The molecule has 3 atom stereocenters. The van der Waals surface area contributed by atoms with Crippen molar-refractivity contribution in [1.29, 1.82) is 0 Å². The molecule has 3 aliphatic rings. The van der Waals surface area contributed by atoms with Crippen LogP contribution < -0.4 is 15.1 Å². The van der Waals surface area contributed by atoms with Crippen molar-refractivity contribution in [3.63, 3.8) is 0 Å². The van der Waals surface area contributed by atoms with Crippen LogP contribution >= 0.6 is 0 Å². The van der Waals surface area contributed by atoms with Crippen molar-refractivity contribution in [2.45, 2.75) is 38.8 Å². The van der Waals surface area contributed by atoms with E-state index in [0.29, 0.717) is 12.5 Å². The van der Waals surface area contributed by atoms with Crippen LogP contribution in [0.1, 0.15) is 31.7 Å². The summed E-state index contributed by atoms with van der Waals surface area (Å²) in [5, 5.41) is 3.48. The summed E-state index contributed by atoms with van der Waals surface area (Å²) >= 11 is 0. The number of rotatable bonds is 3. The molecule has 0 radical (unpaired) electrons. The predicted octanol–water partition coefficient (Wildman–Crippen LogP) is 3.96. The minimum absolute atomic E-state index is 0.00881. The van der Waals surface area contributed by atoms with E-state index in [1.165, 1.54) is 0 Å². The van der Waals surface area contributed by atoms with Crippen LogP contribution in [0.15, 0.2) is 36.5 Å². The molecule has 1 N–H and O–H groups in total. The second kappa shape index (κ2) is 9.08. The summed E-state index contributed by atoms with van der Waals surface area (Å²) in [7, 11) is 1.77. The second-order valence-corrected chi connectivity index (χ2v) is 9.12. The Bertz CT molecular complexity index is 975. The Morgan fingerprint density at radius 3 is 2.84 bits per heavy atom. The number of nitrogens with zero attached hydrogens (tertiary/aromatic N) is 3. The van der Waals surface area contributed by atoms with Crippen LogP contribution in [0.25, 0.3) is 0 Å². The fraction of sp³-hybridized carbons (Fsp3) is 0.520. The van der Waals surface area contributed by atoms with Gasteiger partial charge in [-0.1, -0.05) is 13.0 Å². The Morgan fingerprint density at radius 2 is 2.06 bits per heavy atom. The molecule has 1 aromatic heterocycles. The highest BCUT2D eigenvalue weighted by Crippen LogP contribution is 2.40. The zero-order valence-electron chi connectivity index (χ0n) is 18.9. The Hall–Kier alpha value is -2.64. The number of methoxy groups -OCH3 is 1. The van der Waals surface area contributed by atoms with Gasteiger partial charge < -0.3 is 24.6 Å².